The monoisotopic (exact) mass is 243 g/mol. The van der Waals surface area contributed by atoms with Crippen molar-refractivity contribution in [2.75, 3.05) is 0 Å². The van der Waals surface area contributed by atoms with Crippen LogP contribution in [0.15, 0.2) is 18.2 Å². The number of nitro groups is 1. The van der Waals surface area contributed by atoms with Gasteiger partial charge in [0.05, 0.1) is 16.6 Å². The molecule has 16 heavy (non-hydrogen) atoms. The number of carbonyl (C=O) groups excluding carboxylic acids is 1. The fraction of sp³-hybridized carbons (Fsp3) is 0.300. The molecule has 1 rings (SSSR count). The SMILES string of the molecule is CC(C)OC(=O)c1ccc([N+](=O)[O-])c(Cl)c1. The lowest BCUT2D eigenvalue weighted by Crippen LogP contribution is -2.11. The van der Waals surface area contributed by atoms with Gasteiger partial charge in [-0.05, 0) is 26.0 Å². The van der Waals surface area contributed by atoms with Crippen molar-refractivity contribution in [1.82, 2.24) is 0 Å². The van der Waals surface area contributed by atoms with Crippen molar-refractivity contribution in [3.8, 4) is 0 Å². The van der Waals surface area contributed by atoms with Crippen molar-refractivity contribution in [3.63, 3.8) is 0 Å². The third-order valence-electron chi connectivity index (χ3n) is 1.72. The molecule has 0 aromatic heterocycles. The molecule has 1 aromatic rings. The van der Waals surface area contributed by atoms with Gasteiger partial charge in [-0.3, -0.25) is 10.1 Å². The smallest absolute Gasteiger partial charge is 0.338 e. The lowest BCUT2D eigenvalue weighted by Gasteiger charge is -2.07. The lowest BCUT2D eigenvalue weighted by molar-refractivity contribution is -0.384. The summed E-state index contributed by atoms with van der Waals surface area (Å²) in [6.45, 7) is 3.43. The van der Waals surface area contributed by atoms with Gasteiger partial charge >= 0.3 is 5.97 Å². The van der Waals surface area contributed by atoms with Gasteiger partial charge in [-0.15, -0.1) is 0 Å². The number of nitrogens with zero attached hydrogens (tertiary/aromatic N) is 1. The largest absolute Gasteiger partial charge is 0.459 e. The number of hydrogen-bond donors (Lipinski definition) is 0. The summed E-state index contributed by atoms with van der Waals surface area (Å²) >= 11 is 5.66. The summed E-state index contributed by atoms with van der Waals surface area (Å²) in [7, 11) is 0. The molecule has 0 heterocycles. The van der Waals surface area contributed by atoms with E-state index in [2.05, 4.69) is 0 Å². The maximum Gasteiger partial charge on any atom is 0.338 e. The van der Waals surface area contributed by atoms with E-state index in [0.717, 1.165) is 0 Å². The zero-order chi connectivity index (χ0) is 12.3. The predicted octanol–water partition coefficient (Wildman–Crippen LogP) is 2.81. The van der Waals surface area contributed by atoms with Gasteiger partial charge in [0.15, 0.2) is 0 Å². The summed E-state index contributed by atoms with van der Waals surface area (Å²) in [5, 5.41) is 10.4. The molecule has 0 spiro atoms. The van der Waals surface area contributed by atoms with Crippen LogP contribution in [-0.4, -0.2) is 17.0 Å². The van der Waals surface area contributed by atoms with Gasteiger partial charge in [0, 0.05) is 6.07 Å². The van der Waals surface area contributed by atoms with Crippen LogP contribution in [0.1, 0.15) is 24.2 Å². The second-order valence-electron chi connectivity index (χ2n) is 3.38. The van der Waals surface area contributed by atoms with Crippen LogP contribution >= 0.6 is 11.6 Å². The topological polar surface area (TPSA) is 69.4 Å². The van der Waals surface area contributed by atoms with E-state index in [0.29, 0.717) is 0 Å². The number of hydrogen-bond acceptors (Lipinski definition) is 4. The number of carbonyl (C=O) groups is 1. The van der Waals surface area contributed by atoms with E-state index in [9.17, 15) is 14.9 Å². The van der Waals surface area contributed by atoms with Crippen LogP contribution in [0.5, 0.6) is 0 Å². The van der Waals surface area contributed by atoms with Crippen LogP contribution in [0.4, 0.5) is 5.69 Å². The van der Waals surface area contributed by atoms with Crippen molar-refractivity contribution in [1.29, 1.82) is 0 Å². The first kappa shape index (κ1) is 12.4. The first-order valence-electron chi connectivity index (χ1n) is 4.56. The molecule has 0 fully saturated rings. The van der Waals surface area contributed by atoms with Crippen molar-refractivity contribution < 1.29 is 14.5 Å². The van der Waals surface area contributed by atoms with Crippen molar-refractivity contribution in [3.05, 3.63) is 38.9 Å². The third kappa shape index (κ3) is 2.93. The van der Waals surface area contributed by atoms with Crippen molar-refractivity contribution >= 4 is 23.3 Å². The molecular weight excluding hydrogens is 234 g/mol. The molecule has 0 amide bonds. The Morgan fingerprint density at radius 3 is 2.56 bits per heavy atom. The number of halogens is 1. The third-order valence-corrected chi connectivity index (χ3v) is 2.03. The minimum Gasteiger partial charge on any atom is -0.459 e. The van der Waals surface area contributed by atoms with E-state index in [1.165, 1.54) is 18.2 Å². The molecule has 0 bridgehead atoms. The highest BCUT2D eigenvalue weighted by Gasteiger charge is 2.16. The predicted molar refractivity (Wildman–Crippen MR) is 58.7 cm³/mol. The van der Waals surface area contributed by atoms with Gasteiger partial charge in [-0.2, -0.15) is 0 Å². The molecule has 1 aromatic carbocycles. The van der Waals surface area contributed by atoms with Gasteiger partial charge in [-0.1, -0.05) is 11.6 Å². The van der Waals surface area contributed by atoms with Crippen molar-refractivity contribution in [2.24, 2.45) is 0 Å². The molecule has 0 N–H and O–H groups in total. The van der Waals surface area contributed by atoms with Crippen LogP contribution < -0.4 is 0 Å². The molecular formula is C10H10ClNO4. The van der Waals surface area contributed by atoms with Crippen LogP contribution in [0, 0.1) is 10.1 Å². The number of ether oxygens (including phenoxy) is 1. The van der Waals surface area contributed by atoms with Gasteiger partial charge in [0.1, 0.15) is 5.02 Å². The lowest BCUT2D eigenvalue weighted by atomic mass is 10.2. The van der Waals surface area contributed by atoms with E-state index in [1.54, 1.807) is 13.8 Å². The maximum atomic E-state index is 11.4. The van der Waals surface area contributed by atoms with Gasteiger partial charge in [0.25, 0.3) is 5.69 Å². The molecule has 0 aliphatic heterocycles. The fourth-order valence-electron chi connectivity index (χ4n) is 1.06. The highest BCUT2D eigenvalue weighted by Crippen LogP contribution is 2.25. The van der Waals surface area contributed by atoms with Gasteiger partial charge < -0.3 is 4.74 Å². The van der Waals surface area contributed by atoms with E-state index in [4.69, 9.17) is 16.3 Å². The second kappa shape index (κ2) is 4.94. The molecule has 86 valence electrons. The Morgan fingerprint density at radius 2 is 2.12 bits per heavy atom. The minimum absolute atomic E-state index is 0.0804. The van der Waals surface area contributed by atoms with Crippen molar-refractivity contribution in [2.45, 2.75) is 20.0 Å². The molecule has 0 saturated carbocycles. The molecule has 0 aliphatic carbocycles. The Morgan fingerprint density at radius 1 is 1.50 bits per heavy atom. The average Bonchev–Trinajstić information content (AvgIpc) is 2.15. The second-order valence-corrected chi connectivity index (χ2v) is 3.78. The molecule has 5 nitrogen and oxygen atoms in total. The van der Waals surface area contributed by atoms with E-state index in [1.807, 2.05) is 0 Å². The number of rotatable bonds is 3. The zero-order valence-electron chi connectivity index (χ0n) is 8.77. The van der Waals surface area contributed by atoms with E-state index >= 15 is 0 Å². The Bertz CT molecular complexity index is 431. The summed E-state index contributed by atoms with van der Waals surface area (Å²) in [6.07, 6.45) is -0.249. The first-order chi connectivity index (χ1) is 7.41. The molecule has 0 saturated heterocycles. The van der Waals surface area contributed by atoms with Gasteiger partial charge in [-0.25, -0.2) is 4.79 Å². The quantitative estimate of drug-likeness (QED) is 0.465. The normalized spacial score (nSPS) is 10.2. The Kier molecular flexibility index (Phi) is 3.84. The first-order valence-corrected chi connectivity index (χ1v) is 4.94. The highest BCUT2D eigenvalue weighted by molar-refractivity contribution is 6.33. The zero-order valence-corrected chi connectivity index (χ0v) is 9.52. The van der Waals surface area contributed by atoms with Gasteiger partial charge in [0.2, 0.25) is 0 Å². The number of benzene rings is 1. The number of nitro benzene ring substituents is 1. The summed E-state index contributed by atoms with van der Waals surface area (Å²) in [6, 6.07) is 3.72. The Balaban J connectivity index is 2.97. The number of esters is 1. The minimum atomic E-state index is -0.611. The van der Waals surface area contributed by atoms with Crippen LogP contribution in [-0.2, 0) is 4.74 Å². The van der Waals surface area contributed by atoms with Crippen LogP contribution in [0.3, 0.4) is 0 Å². The van der Waals surface area contributed by atoms with E-state index < -0.39 is 10.9 Å². The Hall–Kier alpha value is -1.62. The Labute approximate surface area is 97.1 Å². The molecule has 6 heteroatoms. The van der Waals surface area contributed by atoms with Crippen LogP contribution in [0.2, 0.25) is 5.02 Å². The standard InChI is InChI=1S/C10H10ClNO4/c1-6(2)16-10(13)7-3-4-9(12(14)15)8(11)5-7/h3-6H,1-2H3. The van der Waals surface area contributed by atoms with E-state index in [-0.39, 0.29) is 22.4 Å². The molecule has 0 atom stereocenters. The summed E-state index contributed by atoms with van der Waals surface area (Å²) in [4.78, 5) is 21.3. The summed E-state index contributed by atoms with van der Waals surface area (Å²) < 4.78 is 4.92. The molecule has 0 aliphatic rings. The highest BCUT2D eigenvalue weighted by atomic mass is 35.5. The van der Waals surface area contributed by atoms with Crippen LogP contribution in [0.25, 0.3) is 0 Å². The average molecular weight is 244 g/mol. The maximum absolute atomic E-state index is 11.4. The molecule has 0 radical (unpaired) electrons. The summed E-state index contributed by atoms with van der Waals surface area (Å²) in [5.74, 6) is -0.549. The molecule has 0 unspecified atom stereocenters. The fourth-order valence-corrected chi connectivity index (χ4v) is 1.31. The summed E-state index contributed by atoms with van der Waals surface area (Å²) in [5.41, 5.74) is -0.0351.